The van der Waals surface area contributed by atoms with Crippen molar-refractivity contribution >= 4 is 17.5 Å². The zero-order chi connectivity index (χ0) is 32.3. The maximum absolute atomic E-state index is 14.6. The van der Waals surface area contributed by atoms with Crippen molar-refractivity contribution < 1.29 is 23.2 Å². The predicted molar refractivity (Wildman–Crippen MR) is 178 cm³/mol. The van der Waals surface area contributed by atoms with E-state index in [4.69, 9.17) is 4.74 Å². The van der Waals surface area contributed by atoms with Crippen LogP contribution in [0.4, 0.5) is 10.1 Å². The summed E-state index contributed by atoms with van der Waals surface area (Å²) in [6.07, 6.45) is 9.75. The summed E-state index contributed by atoms with van der Waals surface area (Å²) in [5.41, 5.74) is 4.90. The van der Waals surface area contributed by atoms with Crippen LogP contribution in [0.5, 0.6) is 0 Å². The molecular formula is C36H58FN4O3+. The smallest absolute Gasteiger partial charge is 0.282 e. The number of rotatable bonds is 16. The van der Waals surface area contributed by atoms with Crippen molar-refractivity contribution in [2.75, 3.05) is 44.8 Å². The van der Waals surface area contributed by atoms with Crippen molar-refractivity contribution in [3.63, 3.8) is 0 Å². The maximum Gasteiger partial charge on any atom is 0.282 e. The molecule has 2 N–H and O–H groups in total. The molecule has 2 amide bonds. The van der Waals surface area contributed by atoms with Crippen LogP contribution in [0.15, 0.2) is 41.6 Å². The molecule has 3 atom stereocenters. The number of nitrogens with zero attached hydrogens (tertiary/aromatic N) is 2. The molecule has 0 aromatic heterocycles. The molecule has 1 aromatic rings. The van der Waals surface area contributed by atoms with Crippen LogP contribution >= 0.6 is 0 Å². The quantitative estimate of drug-likeness (QED) is 0.153. The fourth-order valence-electron chi connectivity index (χ4n) is 6.75. The number of nitrogens with one attached hydrogen (secondary N) is 2. The molecule has 0 spiro atoms. The average Bonchev–Trinajstić information content (AvgIpc) is 2.97. The van der Waals surface area contributed by atoms with Gasteiger partial charge in [-0.05, 0) is 82.7 Å². The lowest BCUT2D eigenvalue weighted by Gasteiger charge is -2.47. The Morgan fingerprint density at radius 3 is 2.36 bits per heavy atom. The Bertz CT molecular complexity index is 1160. The molecule has 1 aromatic carbocycles. The Kier molecular flexibility index (Phi) is 13.6. The third kappa shape index (κ3) is 9.72. The summed E-state index contributed by atoms with van der Waals surface area (Å²) in [4.78, 5) is 28.8. The predicted octanol–water partition coefficient (Wildman–Crippen LogP) is 7.16. The summed E-state index contributed by atoms with van der Waals surface area (Å²) in [6, 6.07) is 5.57. The second kappa shape index (κ2) is 16.7. The summed E-state index contributed by atoms with van der Waals surface area (Å²) in [6.45, 7) is 18.5. The molecule has 0 bridgehead atoms. The van der Waals surface area contributed by atoms with Gasteiger partial charge >= 0.3 is 0 Å². The topological polar surface area (TPSA) is 70.7 Å². The summed E-state index contributed by atoms with van der Waals surface area (Å²) in [7, 11) is 0. The third-order valence-electron chi connectivity index (χ3n) is 9.54. The van der Waals surface area contributed by atoms with Gasteiger partial charge in [-0.15, -0.1) is 0 Å². The molecule has 2 aliphatic rings. The van der Waals surface area contributed by atoms with Crippen LogP contribution in [0, 0.1) is 19.3 Å². The first kappa shape index (κ1) is 35.9. The van der Waals surface area contributed by atoms with Gasteiger partial charge in [-0.25, -0.2) is 4.39 Å². The van der Waals surface area contributed by atoms with Crippen molar-refractivity contribution in [2.45, 2.75) is 112 Å². The molecule has 1 fully saturated rings. The van der Waals surface area contributed by atoms with Crippen LogP contribution in [0.3, 0.4) is 0 Å². The van der Waals surface area contributed by atoms with Crippen molar-refractivity contribution in [3.8, 4) is 0 Å². The number of benzene rings is 1. The molecule has 1 aliphatic carbocycles. The van der Waals surface area contributed by atoms with Crippen molar-refractivity contribution in [1.29, 1.82) is 0 Å². The number of unbranched alkanes of at least 4 members (excludes halogenated alkanes) is 4. The highest BCUT2D eigenvalue weighted by atomic mass is 19.1. The Morgan fingerprint density at radius 2 is 1.70 bits per heavy atom. The molecule has 0 radical (unpaired) electrons. The number of likely N-dealkylation sites (N-methyl/N-ethyl adjacent to an activating group) is 1. The van der Waals surface area contributed by atoms with E-state index in [1.54, 1.807) is 0 Å². The normalized spacial score (nSPS) is 23.2. The summed E-state index contributed by atoms with van der Waals surface area (Å²) >= 11 is 0. The minimum absolute atomic E-state index is 0.0193. The molecule has 1 heterocycles. The lowest BCUT2D eigenvalue weighted by molar-refractivity contribution is -0.970. The number of alkyl halides is 1. The number of hydrogen-bond donors (Lipinski definition) is 2. The number of ether oxygens (including phenoxy) is 1. The van der Waals surface area contributed by atoms with E-state index in [0.717, 1.165) is 99.2 Å². The first-order valence-corrected chi connectivity index (χ1v) is 16.8. The zero-order valence-electron chi connectivity index (χ0n) is 28.4. The first-order valence-electron chi connectivity index (χ1n) is 16.8. The third-order valence-corrected chi connectivity index (χ3v) is 9.54. The second-order valence-electron chi connectivity index (χ2n) is 13.6. The van der Waals surface area contributed by atoms with Gasteiger partial charge in [-0.1, -0.05) is 70.9 Å². The highest BCUT2D eigenvalue weighted by Crippen LogP contribution is 2.36. The van der Waals surface area contributed by atoms with E-state index in [1.165, 1.54) is 0 Å². The number of amides is 2. The Morgan fingerprint density at radius 1 is 1.02 bits per heavy atom. The molecule has 246 valence electrons. The van der Waals surface area contributed by atoms with Crippen molar-refractivity contribution in [1.82, 2.24) is 10.2 Å². The van der Waals surface area contributed by atoms with Gasteiger partial charge in [0.2, 0.25) is 12.3 Å². The van der Waals surface area contributed by atoms with Gasteiger partial charge in [0.1, 0.15) is 0 Å². The van der Waals surface area contributed by atoms with E-state index >= 15 is 0 Å². The van der Waals surface area contributed by atoms with E-state index in [1.807, 2.05) is 39.0 Å². The summed E-state index contributed by atoms with van der Waals surface area (Å²) in [5, 5.41) is 6.36. The average molecular weight is 614 g/mol. The van der Waals surface area contributed by atoms with Crippen LogP contribution in [-0.2, 0) is 14.3 Å². The molecule has 1 saturated heterocycles. The summed E-state index contributed by atoms with van der Waals surface area (Å²) in [5.74, 6) is -0.0617. The molecule has 3 rings (SSSR count). The molecule has 8 heteroatoms. The van der Waals surface area contributed by atoms with Crippen LogP contribution in [0.25, 0.3) is 0 Å². The highest BCUT2D eigenvalue weighted by molar-refractivity contribution is 5.93. The van der Waals surface area contributed by atoms with Crippen molar-refractivity contribution in [3.05, 3.63) is 52.7 Å². The molecule has 7 nitrogen and oxygen atoms in total. The van der Waals surface area contributed by atoms with Crippen LogP contribution in [0.2, 0.25) is 0 Å². The largest absolute Gasteiger partial charge is 0.324 e. The number of carbonyl (C=O) groups excluding carboxylic acids is 2. The minimum Gasteiger partial charge on any atom is -0.324 e. The van der Waals surface area contributed by atoms with Crippen LogP contribution in [-0.4, -0.2) is 73.1 Å². The highest BCUT2D eigenvalue weighted by Gasteiger charge is 2.48. The number of carbonyl (C=O) groups is 2. The van der Waals surface area contributed by atoms with E-state index < -0.39 is 12.4 Å². The minimum atomic E-state index is -1.42. The lowest BCUT2D eigenvalue weighted by Crippen LogP contribution is -2.66. The van der Waals surface area contributed by atoms with Gasteiger partial charge < -0.3 is 10.6 Å². The zero-order valence-corrected chi connectivity index (χ0v) is 28.4. The SMILES string of the molecule is CCCC[N+]1(CCCCCCN(CC)CC(=O)Nc2c(C)cccc2C)COC(F)CC1C(=O)NC1=C(C)C=CCC1(C)C. The standard InChI is InChI=1S/C36H57FN4O3/c1-8-10-22-41(26-44-31(37)24-30(41)35(43)39-34-29(5)19-16-20-36(34,6)7)23-14-12-11-13-21-40(9-2)25-32(42)38-33-27(3)17-15-18-28(33)4/h15-19,30-31H,8-14,20-26H2,1-7H3,(H-,38,39,42,43)/p+1. The lowest BCUT2D eigenvalue weighted by atomic mass is 9.80. The first-order chi connectivity index (χ1) is 20.9. The molecule has 3 unspecified atom stereocenters. The number of aryl methyl sites for hydroxylation is 2. The Balaban J connectivity index is 1.55. The number of quaternary nitrogens is 1. The second-order valence-corrected chi connectivity index (χ2v) is 13.6. The monoisotopic (exact) mass is 613 g/mol. The Hall–Kier alpha value is -2.55. The number of halogens is 1. The number of anilines is 1. The molecular weight excluding hydrogens is 555 g/mol. The van der Waals surface area contributed by atoms with Gasteiger partial charge in [0.05, 0.1) is 26.1 Å². The number of para-hydroxylation sites is 1. The van der Waals surface area contributed by atoms with Gasteiger partial charge in [-0.3, -0.25) is 23.7 Å². The Labute approximate surface area is 265 Å². The van der Waals surface area contributed by atoms with E-state index in [0.29, 0.717) is 11.0 Å². The maximum atomic E-state index is 14.6. The van der Waals surface area contributed by atoms with E-state index in [9.17, 15) is 14.0 Å². The van der Waals surface area contributed by atoms with Gasteiger partial charge in [0, 0.05) is 16.8 Å². The van der Waals surface area contributed by atoms with E-state index in [-0.39, 0.29) is 30.4 Å². The number of allylic oxidation sites excluding steroid dienone is 4. The molecule has 44 heavy (non-hydrogen) atoms. The fourth-order valence-corrected chi connectivity index (χ4v) is 6.75. The van der Waals surface area contributed by atoms with Gasteiger partial charge in [-0.2, -0.15) is 0 Å². The molecule has 0 saturated carbocycles. The molecule has 1 aliphatic heterocycles. The van der Waals surface area contributed by atoms with Gasteiger partial charge in [0.15, 0.2) is 12.8 Å². The number of hydrogen-bond acceptors (Lipinski definition) is 4. The van der Waals surface area contributed by atoms with Gasteiger partial charge in [0.25, 0.3) is 5.91 Å². The van der Waals surface area contributed by atoms with Crippen LogP contribution < -0.4 is 10.6 Å². The van der Waals surface area contributed by atoms with Crippen LogP contribution in [0.1, 0.15) is 97.1 Å². The summed E-state index contributed by atoms with van der Waals surface area (Å²) < 4.78 is 20.7. The van der Waals surface area contributed by atoms with E-state index in [2.05, 4.69) is 55.4 Å². The van der Waals surface area contributed by atoms with Crippen molar-refractivity contribution in [2.24, 2.45) is 5.41 Å². The fraction of sp³-hybridized carbons (Fsp3) is 0.667.